The minimum atomic E-state index is -3.66. The molecule has 0 bridgehead atoms. The molecule has 4 nitrogen and oxygen atoms in total. The van der Waals surface area contributed by atoms with Crippen molar-refractivity contribution < 1.29 is 8.42 Å². The fraction of sp³-hybridized carbons (Fsp3) is 0. The summed E-state index contributed by atoms with van der Waals surface area (Å²) < 4.78 is 27.4. The molecule has 0 aliphatic carbocycles. The summed E-state index contributed by atoms with van der Waals surface area (Å²) in [7, 11) is -3.66. The van der Waals surface area contributed by atoms with Gasteiger partial charge >= 0.3 is 0 Å². The van der Waals surface area contributed by atoms with Crippen LogP contribution in [0.25, 0.3) is 12.2 Å². The zero-order chi connectivity index (χ0) is 17.7. The number of benzene rings is 2. The molecule has 0 saturated heterocycles. The lowest BCUT2D eigenvalue weighted by Gasteiger charge is -2.08. The van der Waals surface area contributed by atoms with Crippen molar-refractivity contribution in [3.05, 3.63) is 89.2 Å². The monoisotopic (exact) mass is 370 g/mol. The minimum absolute atomic E-state index is 0.159. The summed E-state index contributed by atoms with van der Waals surface area (Å²) in [6, 6.07) is 18.8. The summed E-state index contributed by atoms with van der Waals surface area (Å²) in [6.45, 7) is 0. The molecule has 1 heterocycles. The number of hydrogen-bond donors (Lipinski definition) is 1. The lowest BCUT2D eigenvalue weighted by Crippen LogP contribution is -2.12. The van der Waals surface area contributed by atoms with Gasteiger partial charge in [0.1, 0.15) is 0 Å². The van der Waals surface area contributed by atoms with Crippen LogP contribution in [-0.2, 0) is 10.0 Å². The molecular weight excluding hydrogens is 356 g/mol. The van der Waals surface area contributed by atoms with Crippen molar-refractivity contribution in [1.29, 1.82) is 0 Å². The van der Waals surface area contributed by atoms with E-state index in [1.807, 2.05) is 36.4 Å². The summed E-state index contributed by atoms with van der Waals surface area (Å²) in [5.74, 6) is 0. The second-order valence-electron chi connectivity index (χ2n) is 5.27. The van der Waals surface area contributed by atoms with Gasteiger partial charge < -0.3 is 0 Å². The van der Waals surface area contributed by atoms with Crippen LogP contribution in [0.5, 0.6) is 0 Å². The van der Waals surface area contributed by atoms with E-state index in [1.165, 1.54) is 12.1 Å². The number of nitrogens with one attached hydrogen (secondary N) is 1. The first-order valence-corrected chi connectivity index (χ1v) is 9.37. The Kier molecular flexibility index (Phi) is 5.16. The van der Waals surface area contributed by atoms with Gasteiger partial charge in [-0.05, 0) is 60.2 Å². The van der Waals surface area contributed by atoms with E-state index in [2.05, 4.69) is 9.71 Å². The van der Waals surface area contributed by atoms with Crippen molar-refractivity contribution in [3.63, 3.8) is 0 Å². The predicted octanol–water partition coefficient (Wildman–Crippen LogP) is 4.71. The van der Waals surface area contributed by atoms with E-state index in [4.69, 9.17) is 11.6 Å². The van der Waals surface area contributed by atoms with Crippen molar-refractivity contribution in [3.8, 4) is 0 Å². The van der Waals surface area contributed by atoms with E-state index in [1.54, 1.807) is 36.5 Å². The van der Waals surface area contributed by atoms with Crippen LogP contribution in [0, 0.1) is 0 Å². The smallest absolute Gasteiger partial charge is 0.261 e. The SMILES string of the molecule is O=S(=O)(Nc1cccc(/C=C/c2ccccn2)c1)c1ccc(Cl)cc1. The Balaban J connectivity index is 1.79. The van der Waals surface area contributed by atoms with Gasteiger partial charge in [0.15, 0.2) is 0 Å². The number of nitrogens with zero attached hydrogens (tertiary/aromatic N) is 1. The lowest BCUT2D eigenvalue weighted by atomic mass is 10.2. The van der Waals surface area contributed by atoms with Gasteiger partial charge in [-0.15, -0.1) is 0 Å². The quantitative estimate of drug-likeness (QED) is 0.707. The van der Waals surface area contributed by atoms with Crippen molar-refractivity contribution in [2.45, 2.75) is 4.90 Å². The highest BCUT2D eigenvalue weighted by atomic mass is 35.5. The molecule has 0 aliphatic heterocycles. The first-order chi connectivity index (χ1) is 12.0. The van der Waals surface area contributed by atoms with E-state index in [0.717, 1.165) is 11.3 Å². The van der Waals surface area contributed by atoms with Crippen molar-refractivity contribution in [2.24, 2.45) is 0 Å². The summed E-state index contributed by atoms with van der Waals surface area (Å²) in [6.07, 6.45) is 5.46. The Morgan fingerprint density at radius 2 is 1.72 bits per heavy atom. The van der Waals surface area contributed by atoms with Crippen molar-refractivity contribution in [2.75, 3.05) is 4.72 Å². The Morgan fingerprint density at radius 3 is 2.44 bits per heavy atom. The normalized spacial score (nSPS) is 11.6. The number of anilines is 1. The number of aromatic nitrogens is 1. The second kappa shape index (κ2) is 7.51. The summed E-state index contributed by atoms with van der Waals surface area (Å²) in [4.78, 5) is 4.37. The van der Waals surface area contributed by atoms with Crippen LogP contribution >= 0.6 is 11.6 Å². The highest BCUT2D eigenvalue weighted by molar-refractivity contribution is 7.92. The molecule has 3 aromatic rings. The molecule has 25 heavy (non-hydrogen) atoms. The van der Waals surface area contributed by atoms with E-state index < -0.39 is 10.0 Å². The van der Waals surface area contributed by atoms with Gasteiger partial charge in [0.25, 0.3) is 10.0 Å². The predicted molar refractivity (Wildman–Crippen MR) is 102 cm³/mol. The number of sulfonamides is 1. The maximum Gasteiger partial charge on any atom is 0.261 e. The van der Waals surface area contributed by atoms with Gasteiger partial charge in [0.2, 0.25) is 0 Å². The van der Waals surface area contributed by atoms with Crippen LogP contribution in [0.15, 0.2) is 77.8 Å². The molecule has 1 aromatic heterocycles. The summed E-state index contributed by atoms with van der Waals surface area (Å²) in [5, 5.41) is 0.487. The third-order valence-corrected chi connectivity index (χ3v) is 5.05. The minimum Gasteiger partial charge on any atom is -0.280 e. The lowest BCUT2D eigenvalue weighted by molar-refractivity contribution is 0.601. The molecule has 0 aliphatic rings. The van der Waals surface area contributed by atoms with E-state index in [0.29, 0.717) is 10.7 Å². The van der Waals surface area contributed by atoms with Crippen LogP contribution in [0.3, 0.4) is 0 Å². The topological polar surface area (TPSA) is 59.1 Å². The highest BCUT2D eigenvalue weighted by Crippen LogP contribution is 2.20. The number of halogens is 1. The van der Waals surface area contributed by atoms with Crippen LogP contribution in [0.2, 0.25) is 5.02 Å². The number of hydrogen-bond acceptors (Lipinski definition) is 3. The molecule has 0 unspecified atom stereocenters. The van der Waals surface area contributed by atoms with Crippen molar-refractivity contribution in [1.82, 2.24) is 4.98 Å². The van der Waals surface area contributed by atoms with Crippen molar-refractivity contribution >= 4 is 39.5 Å². The molecule has 126 valence electrons. The van der Waals surface area contributed by atoms with Gasteiger partial charge in [-0.25, -0.2) is 8.42 Å². The molecule has 3 rings (SSSR count). The maximum absolute atomic E-state index is 12.4. The average Bonchev–Trinajstić information content (AvgIpc) is 2.61. The molecular formula is C19H15ClN2O2S. The van der Waals surface area contributed by atoms with Gasteiger partial charge in [-0.1, -0.05) is 35.9 Å². The zero-order valence-electron chi connectivity index (χ0n) is 13.1. The van der Waals surface area contributed by atoms with Crippen LogP contribution in [-0.4, -0.2) is 13.4 Å². The summed E-state index contributed by atoms with van der Waals surface area (Å²) in [5.41, 5.74) is 2.18. The third-order valence-electron chi connectivity index (χ3n) is 3.40. The van der Waals surface area contributed by atoms with E-state index in [-0.39, 0.29) is 4.90 Å². The molecule has 6 heteroatoms. The average molecular weight is 371 g/mol. The van der Waals surface area contributed by atoms with Gasteiger partial charge in [0.05, 0.1) is 10.6 Å². The Labute approximate surface area is 151 Å². The number of rotatable bonds is 5. The molecule has 0 fully saturated rings. The third kappa shape index (κ3) is 4.68. The van der Waals surface area contributed by atoms with Crippen LogP contribution < -0.4 is 4.72 Å². The highest BCUT2D eigenvalue weighted by Gasteiger charge is 2.13. The molecule has 0 radical (unpaired) electrons. The zero-order valence-corrected chi connectivity index (χ0v) is 14.7. The molecule has 0 saturated carbocycles. The first-order valence-electron chi connectivity index (χ1n) is 7.50. The fourth-order valence-corrected chi connectivity index (χ4v) is 3.37. The standard InChI is InChI=1S/C19H15ClN2O2S/c20-16-8-11-19(12-9-16)25(23,24)22-18-6-3-4-15(14-18)7-10-17-5-1-2-13-21-17/h1-14,22H/b10-7+. The first kappa shape index (κ1) is 17.2. The van der Waals surface area contributed by atoms with E-state index >= 15 is 0 Å². The van der Waals surface area contributed by atoms with Crippen LogP contribution in [0.1, 0.15) is 11.3 Å². The molecule has 1 N–H and O–H groups in total. The Morgan fingerprint density at radius 1 is 0.920 bits per heavy atom. The molecule has 0 amide bonds. The maximum atomic E-state index is 12.4. The van der Waals surface area contributed by atoms with Gasteiger partial charge in [-0.2, -0.15) is 0 Å². The number of pyridine rings is 1. The fourth-order valence-electron chi connectivity index (χ4n) is 2.19. The second-order valence-corrected chi connectivity index (χ2v) is 7.39. The van der Waals surface area contributed by atoms with Gasteiger partial charge in [0, 0.05) is 16.9 Å². The molecule has 2 aromatic carbocycles. The van der Waals surface area contributed by atoms with E-state index in [9.17, 15) is 8.42 Å². The summed E-state index contributed by atoms with van der Waals surface area (Å²) >= 11 is 5.80. The van der Waals surface area contributed by atoms with Gasteiger partial charge in [-0.3, -0.25) is 9.71 Å². The van der Waals surface area contributed by atoms with Crippen LogP contribution in [0.4, 0.5) is 5.69 Å². The largest absolute Gasteiger partial charge is 0.280 e. The molecule has 0 atom stereocenters. The Bertz CT molecular complexity index is 985. The Hall–Kier alpha value is -2.63. The molecule has 0 spiro atoms.